The molecule has 0 bridgehead atoms. The molecule has 3 heterocycles. The molecule has 2 fully saturated rings. The van der Waals surface area contributed by atoms with Crippen molar-refractivity contribution >= 4 is 34.6 Å². The Morgan fingerprint density at radius 1 is 0.745 bits per heavy atom. The van der Waals surface area contributed by atoms with Gasteiger partial charge in [-0.25, -0.2) is 14.6 Å². The smallest absolute Gasteiger partial charge is 0.410 e. The van der Waals surface area contributed by atoms with Crippen molar-refractivity contribution in [1.82, 2.24) is 19.4 Å². The van der Waals surface area contributed by atoms with Gasteiger partial charge in [-0.1, -0.05) is 42.5 Å². The van der Waals surface area contributed by atoms with Gasteiger partial charge in [0.25, 0.3) is 0 Å². The van der Waals surface area contributed by atoms with Crippen LogP contribution in [-0.2, 0) is 9.47 Å². The van der Waals surface area contributed by atoms with Gasteiger partial charge in [0.2, 0.25) is 0 Å². The SMILES string of the molecule is Cc1ccc(NC2CCN(C(=O)OC(C)(C)C)CC2)c(N)c1.Cc1ccc2c(c1)nc(-c1ccccc1)n2C1CCN(C(=O)OC(C)(C)C)CC1. The van der Waals surface area contributed by atoms with Gasteiger partial charge in [-0.05, 0) is 116 Å². The van der Waals surface area contributed by atoms with E-state index in [9.17, 15) is 9.59 Å². The zero-order valence-electron chi connectivity index (χ0n) is 31.7. The van der Waals surface area contributed by atoms with Crippen LogP contribution in [0.2, 0.25) is 0 Å². The molecule has 2 aliphatic rings. The average molecular weight is 697 g/mol. The van der Waals surface area contributed by atoms with Crippen molar-refractivity contribution in [3.63, 3.8) is 0 Å². The van der Waals surface area contributed by atoms with E-state index >= 15 is 0 Å². The first kappa shape index (κ1) is 37.5. The highest BCUT2D eigenvalue weighted by Crippen LogP contribution is 2.34. The molecule has 10 heteroatoms. The third-order valence-corrected chi connectivity index (χ3v) is 9.07. The molecule has 0 unspecified atom stereocenters. The summed E-state index contributed by atoms with van der Waals surface area (Å²) in [4.78, 5) is 33.0. The van der Waals surface area contributed by atoms with Gasteiger partial charge in [-0.15, -0.1) is 0 Å². The second-order valence-corrected chi connectivity index (χ2v) is 15.8. The second-order valence-electron chi connectivity index (χ2n) is 15.8. The molecular weight excluding hydrogens is 640 g/mol. The Balaban J connectivity index is 0.000000206. The molecule has 4 aromatic rings. The van der Waals surface area contributed by atoms with E-state index in [1.807, 2.05) is 71.6 Å². The lowest BCUT2D eigenvalue weighted by Gasteiger charge is -2.34. The summed E-state index contributed by atoms with van der Waals surface area (Å²) in [6.45, 7) is 18.3. The molecule has 0 radical (unpaired) electrons. The number of amides is 2. The molecular formula is C41H56N6O4. The number of fused-ring (bicyclic) bond motifs is 1. The minimum Gasteiger partial charge on any atom is -0.444 e. The number of aromatic nitrogens is 2. The van der Waals surface area contributed by atoms with Crippen molar-refractivity contribution in [2.45, 2.75) is 104 Å². The number of likely N-dealkylation sites (tertiary alicyclic amines) is 2. The molecule has 10 nitrogen and oxygen atoms in total. The summed E-state index contributed by atoms with van der Waals surface area (Å²) in [6.07, 6.45) is 3.13. The van der Waals surface area contributed by atoms with Crippen LogP contribution in [0.25, 0.3) is 22.4 Å². The number of nitrogens with zero attached hydrogens (tertiary/aromatic N) is 4. The number of nitrogens with two attached hydrogens (primary N) is 1. The topological polar surface area (TPSA) is 115 Å². The average Bonchev–Trinajstić information content (AvgIpc) is 3.44. The van der Waals surface area contributed by atoms with Crippen LogP contribution < -0.4 is 11.1 Å². The summed E-state index contributed by atoms with van der Waals surface area (Å²) in [5, 5.41) is 3.48. The number of anilines is 2. The molecule has 0 atom stereocenters. The number of aryl methyl sites for hydroxylation is 2. The Bertz CT molecular complexity index is 1790. The quantitative estimate of drug-likeness (QED) is 0.205. The number of imidazole rings is 1. The lowest BCUT2D eigenvalue weighted by Crippen LogP contribution is -2.44. The van der Waals surface area contributed by atoms with Gasteiger partial charge in [-0.3, -0.25) is 0 Å². The number of rotatable bonds is 4. The van der Waals surface area contributed by atoms with Crippen molar-refractivity contribution in [3.05, 3.63) is 77.9 Å². The summed E-state index contributed by atoms with van der Waals surface area (Å²) >= 11 is 0. The largest absolute Gasteiger partial charge is 0.444 e. The van der Waals surface area contributed by atoms with E-state index in [1.165, 1.54) is 5.56 Å². The predicted molar refractivity (Wildman–Crippen MR) is 206 cm³/mol. The molecule has 2 amide bonds. The van der Waals surface area contributed by atoms with Crippen molar-refractivity contribution in [2.24, 2.45) is 0 Å². The summed E-state index contributed by atoms with van der Waals surface area (Å²) in [6, 6.07) is 23.5. The third-order valence-electron chi connectivity index (χ3n) is 9.07. The first-order chi connectivity index (χ1) is 24.1. The highest BCUT2D eigenvalue weighted by Gasteiger charge is 2.30. The maximum Gasteiger partial charge on any atom is 0.410 e. The third kappa shape index (κ3) is 10.2. The molecule has 0 spiro atoms. The van der Waals surface area contributed by atoms with E-state index < -0.39 is 11.2 Å². The van der Waals surface area contributed by atoms with Crippen LogP contribution >= 0.6 is 0 Å². The van der Waals surface area contributed by atoms with Gasteiger partial charge >= 0.3 is 12.2 Å². The van der Waals surface area contributed by atoms with Crippen LogP contribution in [0.1, 0.15) is 84.4 Å². The number of benzene rings is 3. The van der Waals surface area contributed by atoms with Crippen molar-refractivity contribution in [2.75, 3.05) is 37.2 Å². The van der Waals surface area contributed by atoms with Gasteiger partial charge in [0.1, 0.15) is 17.0 Å². The molecule has 1 aromatic heterocycles. The number of nitrogens with one attached hydrogen (secondary N) is 1. The first-order valence-corrected chi connectivity index (χ1v) is 18.2. The van der Waals surface area contributed by atoms with E-state index in [0.29, 0.717) is 38.3 Å². The van der Waals surface area contributed by atoms with E-state index in [4.69, 9.17) is 20.2 Å². The number of ether oxygens (including phenoxy) is 2. The summed E-state index contributed by atoms with van der Waals surface area (Å²) in [5.74, 6) is 1.00. The van der Waals surface area contributed by atoms with Crippen molar-refractivity contribution in [1.29, 1.82) is 0 Å². The van der Waals surface area contributed by atoms with Crippen molar-refractivity contribution in [3.8, 4) is 11.4 Å². The normalized spacial score (nSPS) is 16.0. The van der Waals surface area contributed by atoms with Crippen molar-refractivity contribution < 1.29 is 19.1 Å². The minimum atomic E-state index is -0.465. The maximum absolute atomic E-state index is 12.4. The number of carbonyl (C=O) groups excluding carboxylic acids is 2. The number of hydrogen-bond donors (Lipinski definition) is 2. The monoisotopic (exact) mass is 696 g/mol. The summed E-state index contributed by atoms with van der Waals surface area (Å²) < 4.78 is 13.3. The molecule has 51 heavy (non-hydrogen) atoms. The lowest BCUT2D eigenvalue weighted by atomic mass is 10.0. The number of nitrogen functional groups attached to an aromatic ring is 1. The Morgan fingerprint density at radius 3 is 1.82 bits per heavy atom. The van der Waals surface area contributed by atoms with Crippen LogP contribution in [0.15, 0.2) is 66.7 Å². The van der Waals surface area contributed by atoms with Gasteiger partial charge in [-0.2, -0.15) is 0 Å². The Hall–Kier alpha value is -4.73. The molecule has 274 valence electrons. The summed E-state index contributed by atoms with van der Waals surface area (Å²) in [7, 11) is 0. The molecule has 0 aliphatic carbocycles. The summed E-state index contributed by atoms with van der Waals surface area (Å²) in [5.41, 5.74) is 12.5. The maximum atomic E-state index is 12.4. The number of piperidine rings is 2. The van der Waals surface area contributed by atoms with Crippen LogP contribution in [0.3, 0.4) is 0 Å². The van der Waals surface area contributed by atoms with Gasteiger partial charge < -0.3 is 34.9 Å². The first-order valence-electron chi connectivity index (χ1n) is 18.2. The van der Waals surface area contributed by atoms with Crippen LogP contribution in [-0.4, -0.2) is 75.0 Å². The Kier molecular flexibility index (Phi) is 11.5. The number of hydrogen-bond acceptors (Lipinski definition) is 7. The van der Waals surface area contributed by atoms with E-state index in [0.717, 1.165) is 65.0 Å². The molecule has 0 saturated carbocycles. The molecule has 3 aromatic carbocycles. The van der Waals surface area contributed by atoms with Crippen LogP contribution in [0.5, 0.6) is 0 Å². The second kappa shape index (κ2) is 15.7. The van der Waals surface area contributed by atoms with Gasteiger partial charge in [0.15, 0.2) is 0 Å². The molecule has 2 saturated heterocycles. The van der Waals surface area contributed by atoms with E-state index in [1.54, 1.807) is 4.90 Å². The number of carbonyl (C=O) groups is 2. The fraction of sp³-hybridized carbons (Fsp3) is 0.488. The fourth-order valence-electron chi connectivity index (χ4n) is 6.57. The zero-order chi connectivity index (χ0) is 36.9. The zero-order valence-corrected chi connectivity index (χ0v) is 31.7. The van der Waals surface area contributed by atoms with Crippen LogP contribution in [0.4, 0.5) is 21.0 Å². The predicted octanol–water partition coefficient (Wildman–Crippen LogP) is 8.97. The molecule has 2 aliphatic heterocycles. The highest BCUT2D eigenvalue weighted by molar-refractivity contribution is 5.81. The highest BCUT2D eigenvalue weighted by atomic mass is 16.6. The van der Waals surface area contributed by atoms with Crippen LogP contribution in [0, 0.1) is 13.8 Å². The molecule has 6 rings (SSSR count). The fourth-order valence-corrected chi connectivity index (χ4v) is 6.57. The molecule has 3 N–H and O–H groups in total. The van der Waals surface area contributed by atoms with E-state index in [2.05, 4.69) is 65.3 Å². The minimum absolute atomic E-state index is 0.217. The van der Waals surface area contributed by atoms with Gasteiger partial charge in [0.05, 0.1) is 22.4 Å². The Morgan fingerprint density at radius 2 is 1.27 bits per heavy atom. The Labute approximate surface area is 303 Å². The van der Waals surface area contributed by atoms with Gasteiger partial charge in [0, 0.05) is 43.8 Å². The standard InChI is InChI=1S/C24H29N3O2.C17H27N3O2/c1-17-10-11-21-20(16-17)25-22(18-8-6-5-7-9-18)27(21)19-12-14-26(15-13-19)23(28)29-24(2,3)4;1-12-5-6-15(14(18)11-12)19-13-7-9-20(10-8-13)16(21)22-17(2,3)4/h5-11,16,19H,12-15H2,1-4H3;5-6,11,13,19H,7-10,18H2,1-4H3. The lowest BCUT2D eigenvalue weighted by molar-refractivity contribution is 0.0185. The van der Waals surface area contributed by atoms with E-state index in [-0.39, 0.29) is 12.2 Å².